The van der Waals surface area contributed by atoms with Crippen molar-refractivity contribution in [3.63, 3.8) is 0 Å². The fourth-order valence-electron chi connectivity index (χ4n) is 2.41. The maximum Gasteiger partial charge on any atom is 0.303 e. The monoisotopic (exact) mass is 337 g/mol. The number of ketones is 1. The quantitative estimate of drug-likeness (QED) is 0.634. The van der Waals surface area contributed by atoms with Crippen LogP contribution < -0.4 is 0 Å². The average Bonchev–Trinajstić information content (AvgIpc) is 2.52. The van der Waals surface area contributed by atoms with Crippen LogP contribution in [0.15, 0.2) is 40.8 Å². The zero-order valence-electron chi connectivity index (χ0n) is 12.9. The Hall–Kier alpha value is -1.99. The van der Waals surface area contributed by atoms with E-state index in [1.165, 1.54) is 28.6 Å². The van der Waals surface area contributed by atoms with Gasteiger partial charge in [-0.3, -0.25) is 9.59 Å². The first-order valence-electron chi connectivity index (χ1n) is 7.31. The number of benzene rings is 1. The highest BCUT2D eigenvalue weighted by atomic mass is 32.2. The van der Waals surface area contributed by atoms with Gasteiger partial charge in [0.2, 0.25) is 10.0 Å². The average molecular weight is 337 g/mol. The summed E-state index contributed by atoms with van der Waals surface area (Å²) in [5.41, 5.74) is 1.33. The van der Waals surface area contributed by atoms with Crippen molar-refractivity contribution in [3.8, 4) is 0 Å². The molecule has 7 heteroatoms. The van der Waals surface area contributed by atoms with E-state index < -0.39 is 16.0 Å². The smallest absolute Gasteiger partial charge is 0.303 e. The van der Waals surface area contributed by atoms with Crippen molar-refractivity contribution in [2.24, 2.45) is 0 Å². The van der Waals surface area contributed by atoms with Crippen LogP contribution in [0.3, 0.4) is 0 Å². The summed E-state index contributed by atoms with van der Waals surface area (Å²) in [4.78, 5) is 22.4. The number of carbonyl (C=O) groups excluding carboxylic acids is 1. The van der Waals surface area contributed by atoms with E-state index in [4.69, 9.17) is 5.11 Å². The Morgan fingerprint density at radius 1 is 1.17 bits per heavy atom. The zero-order chi connectivity index (χ0) is 17.0. The number of carboxylic acid groups (broad SMARTS) is 1. The number of carbonyl (C=O) groups is 2. The van der Waals surface area contributed by atoms with Crippen molar-refractivity contribution in [1.82, 2.24) is 4.31 Å². The Kier molecular flexibility index (Phi) is 5.33. The van der Waals surface area contributed by atoms with Crippen LogP contribution in [-0.4, -0.2) is 42.7 Å². The standard InChI is InChI=1S/C16H19NO5S/c1-12-3-2-10-17(11-12)23(21,22)14-6-4-13(5-7-14)15(18)8-9-16(19)20/h3-7H,2,8-11H2,1H3,(H,19,20). The molecule has 0 aliphatic carbocycles. The minimum atomic E-state index is -3.58. The van der Waals surface area contributed by atoms with Gasteiger partial charge in [-0.25, -0.2) is 8.42 Å². The van der Waals surface area contributed by atoms with Crippen LogP contribution in [-0.2, 0) is 14.8 Å². The molecule has 0 saturated heterocycles. The number of rotatable bonds is 6. The molecular weight excluding hydrogens is 318 g/mol. The number of sulfonamides is 1. The molecule has 23 heavy (non-hydrogen) atoms. The highest BCUT2D eigenvalue weighted by Gasteiger charge is 2.26. The maximum absolute atomic E-state index is 12.6. The molecule has 0 aromatic heterocycles. The second-order valence-electron chi connectivity index (χ2n) is 5.52. The lowest BCUT2D eigenvalue weighted by atomic mass is 10.1. The molecule has 0 fully saturated rings. The Morgan fingerprint density at radius 2 is 1.83 bits per heavy atom. The Morgan fingerprint density at radius 3 is 2.39 bits per heavy atom. The molecule has 0 saturated carbocycles. The first-order chi connectivity index (χ1) is 10.8. The van der Waals surface area contributed by atoms with Crippen LogP contribution in [0.1, 0.15) is 36.5 Å². The van der Waals surface area contributed by atoms with Gasteiger partial charge in [0, 0.05) is 25.1 Å². The first-order valence-corrected chi connectivity index (χ1v) is 8.75. The highest BCUT2D eigenvalue weighted by Crippen LogP contribution is 2.21. The van der Waals surface area contributed by atoms with Crippen LogP contribution in [0.4, 0.5) is 0 Å². The predicted molar refractivity (Wildman–Crippen MR) is 84.8 cm³/mol. The number of hydrogen-bond donors (Lipinski definition) is 1. The summed E-state index contributed by atoms with van der Waals surface area (Å²) < 4.78 is 26.6. The molecule has 0 spiro atoms. The van der Waals surface area contributed by atoms with Gasteiger partial charge in [0.05, 0.1) is 11.3 Å². The number of carboxylic acids is 1. The van der Waals surface area contributed by atoms with E-state index in [1.807, 2.05) is 13.0 Å². The summed E-state index contributed by atoms with van der Waals surface area (Å²) in [7, 11) is -3.58. The van der Waals surface area contributed by atoms with E-state index >= 15 is 0 Å². The van der Waals surface area contributed by atoms with Crippen LogP contribution in [0.2, 0.25) is 0 Å². The van der Waals surface area contributed by atoms with Crippen molar-refractivity contribution in [3.05, 3.63) is 41.5 Å². The lowest BCUT2D eigenvalue weighted by Gasteiger charge is -2.25. The number of hydrogen-bond acceptors (Lipinski definition) is 4. The molecule has 0 bridgehead atoms. The van der Waals surface area contributed by atoms with E-state index in [9.17, 15) is 18.0 Å². The molecule has 0 unspecified atom stereocenters. The van der Waals surface area contributed by atoms with Crippen LogP contribution >= 0.6 is 0 Å². The molecule has 1 aromatic carbocycles. The number of nitrogens with zero attached hydrogens (tertiary/aromatic N) is 1. The van der Waals surface area contributed by atoms with Crippen molar-refractivity contribution in [2.75, 3.05) is 13.1 Å². The lowest BCUT2D eigenvalue weighted by molar-refractivity contribution is -0.136. The van der Waals surface area contributed by atoms with Gasteiger partial charge in [0.25, 0.3) is 0 Å². The van der Waals surface area contributed by atoms with Crippen molar-refractivity contribution in [2.45, 2.75) is 31.1 Å². The number of Topliss-reactive ketones (excluding diaryl/α,β-unsaturated/α-hetero) is 1. The highest BCUT2D eigenvalue weighted by molar-refractivity contribution is 7.89. The molecule has 1 aromatic rings. The van der Waals surface area contributed by atoms with E-state index in [0.717, 1.165) is 5.57 Å². The molecule has 1 aliphatic rings. The Bertz CT molecular complexity index is 734. The molecule has 2 rings (SSSR count). The van der Waals surface area contributed by atoms with Crippen LogP contribution in [0, 0.1) is 0 Å². The molecule has 1 heterocycles. The van der Waals surface area contributed by atoms with Gasteiger partial charge in [-0.2, -0.15) is 4.31 Å². The maximum atomic E-state index is 12.6. The largest absolute Gasteiger partial charge is 0.481 e. The molecule has 1 N–H and O–H groups in total. The third-order valence-electron chi connectivity index (χ3n) is 3.68. The first kappa shape index (κ1) is 17.4. The normalized spacial score (nSPS) is 16.0. The minimum Gasteiger partial charge on any atom is -0.481 e. The minimum absolute atomic E-state index is 0.0997. The Labute approximate surface area is 135 Å². The predicted octanol–water partition coefficient (Wildman–Crippen LogP) is 2.07. The third-order valence-corrected chi connectivity index (χ3v) is 5.54. The molecule has 0 atom stereocenters. The van der Waals surface area contributed by atoms with E-state index in [2.05, 4.69) is 0 Å². The SMILES string of the molecule is CC1=CCCN(S(=O)(=O)c2ccc(C(=O)CCC(=O)O)cc2)C1. The van der Waals surface area contributed by atoms with Gasteiger partial charge in [-0.05, 0) is 25.5 Å². The summed E-state index contributed by atoms with van der Waals surface area (Å²) in [6.07, 6.45) is 2.38. The topological polar surface area (TPSA) is 91.8 Å². The van der Waals surface area contributed by atoms with E-state index in [0.29, 0.717) is 25.1 Å². The fraction of sp³-hybridized carbons (Fsp3) is 0.375. The summed E-state index contributed by atoms with van der Waals surface area (Å²) >= 11 is 0. The summed E-state index contributed by atoms with van der Waals surface area (Å²) in [5, 5.41) is 8.58. The summed E-state index contributed by atoms with van der Waals surface area (Å²) in [6, 6.07) is 5.67. The Balaban J connectivity index is 2.14. The van der Waals surface area contributed by atoms with Crippen LogP contribution in [0.25, 0.3) is 0 Å². The fourth-order valence-corrected chi connectivity index (χ4v) is 3.91. The van der Waals surface area contributed by atoms with E-state index in [1.54, 1.807) is 0 Å². The second-order valence-corrected chi connectivity index (χ2v) is 7.46. The molecule has 6 nitrogen and oxygen atoms in total. The molecular formula is C16H19NO5S. The van der Waals surface area contributed by atoms with Gasteiger partial charge in [0.1, 0.15) is 0 Å². The number of aliphatic carboxylic acids is 1. The lowest BCUT2D eigenvalue weighted by Crippen LogP contribution is -2.35. The van der Waals surface area contributed by atoms with Gasteiger partial charge < -0.3 is 5.11 Å². The summed E-state index contributed by atoms with van der Waals surface area (Å²) in [5.74, 6) is -1.35. The molecule has 0 amide bonds. The third kappa shape index (κ3) is 4.27. The van der Waals surface area contributed by atoms with Gasteiger partial charge >= 0.3 is 5.97 Å². The molecule has 124 valence electrons. The van der Waals surface area contributed by atoms with Crippen molar-refractivity contribution >= 4 is 21.8 Å². The van der Waals surface area contributed by atoms with Gasteiger partial charge in [0.15, 0.2) is 5.78 Å². The summed E-state index contributed by atoms with van der Waals surface area (Å²) in [6.45, 7) is 2.71. The second kappa shape index (κ2) is 7.06. The van der Waals surface area contributed by atoms with E-state index in [-0.39, 0.29) is 23.5 Å². The van der Waals surface area contributed by atoms with Gasteiger partial charge in [-0.1, -0.05) is 23.8 Å². The van der Waals surface area contributed by atoms with Crippen molar-refractivity contribution < 1.29 is 23.1 Å². The van der Waals surface area contributed by atoms with Gasteiger partial charge in [-0.15, -0.1) is 0 Å². The molecule has 0 radical (unpaired) electrons. The molecule has 1 aliphatic heterocycles. The zero-order valence-corrected chi connectivity index (χ0v) is 13.7. The van der Waals surface area contributed by atoms with Crippen molar-refractivity contribution in [1.29, 1.82) is 0 Å². The van der Waals surface area contributed by atoms with Crippen LogP contribution in [0.5, 0.6) is 0 Å².